The highest BCUT2D eigenvalue weighted by Gasteiger charge is 2.12. The molecule has 1 unspecified atom stereocenters. The van der Waals surface area contributed by atoms with E-state index in [0.29, 0.717) is 6.42 Å². The van der Waals surface area contributed by atoms with Crippen molar-refractivity contribution in [1.82, 2.24) is 4.72 Å². The van der Waals surface area contributed by atoms with Gasteiger partial charge in [-0.1, -0.05) is 19.1 Å². The van der Waals surface area contributed by atoms with Crippen LogP contribution < -0.4 is 4.72 Å². The number of phenols is 1. The first kappa shape index (κ1) is 15.0. The average Bonchev–Trinajstić information content (AvgIpc) is 2.27. The monoisotopic (exact) mass is 271 g/mol. The number of phenolic OH excluding ortho intramolecular Hbond substituents is 1. The highest BCUT2D eigenvalue weighted by atomic mass is 32.2. The van der Waals surface area contributed by atoms with Crippen LogP contribution in [-0.2, 0) is 16.4 Å². The van der Waals surface area contributed by atoms with Crippen LogP contribution in [-0.4, -0.2) is 25.3 Å². The molecular formula is C13H21NO3S. The molecule has 1 rings (SSSR count). The molecular weight excluding hydrogens is 250 g/mol. The lowest BCUT2D eigenvalue weighted by Gasteiger charge is -2.13. The molecule has 2 N–H and O–H groups in total. The summed E-state index contributed by atoms with van der Waals surface area (Å²) in [6.07, 6.45) is 2.16. The Balaban J connectivity index is 2.42. The first-order valence-electron chi connectivity index (χ1n) is 6.21. The van der Waals surface area contributed by atoms with Crippen molar-refractivity contribution in [1.29, 1.82) is 0 Å². The molecule has 5 heteroatoms. The molecule has 1 aromatic rings. The predicted octanol–water partition coefficient (Wildman–Crippen LogP) is 2.04. The van der Waals surface area contributed by atoms with E-state index in [2.05, 4.69) is 4.72 Å². The van der Waals surface area contributed by atoms with E-state index in [1.807, 2.05) is 26.0 Å². The molecule has 0 amide bonds. The van der Waals surface area contributed by atoms with Crippen LogP contribution in [0.4, 0.5) is 0 Å². The maximum atomic E-state index is 11.6. The Bertz CT molecular complexity index is 454. The molecule has 0 fully saturated rings. The average molecular weight is 271 g/mol. The van der Waals surface area contributed by atoms with Gasteiger partial charge in [0.05, 0.1) is 5.75 Å². The molecule has 102 valence electrons. The lowest BCUT2D eigenvalue weighted by molar-refractivity contribution is 0.475. The molecule has 0 saturated carbocycles. The second kappa shape index (κ2) is 6.75. The van der Waals surface area contributed by atoms with Gasteiger partial charge in [0, 0.05) is 6.04 Å². The van der Waals surface area contributed by atoms with Crippen molar-refractivity contribution < 1.29 is 13.5 Å². The van der Waals surface area contributed by atoms with Crippen LogP contribution in [0.2, 0.25) is 0 Å². The Morgan fingerprint density at radius 3 is 2.44 bits per heavy atom. The summed E-state index contributed by atoms with van der Waals surface area (Å²) in [5, 5.41) is 9.15. The minimum Gasteiger partial charge on any atom is -0.508 e. The van der Waals surface area contributed by atoms with E-state index < -0.39 is 10.0 Å². The van der Waals surface area contributed by atoms with Gasteiger partial charge in [-0.2, -0.15) is 0 Å². The van der Waals surface area contributed by atoms with E-state index >= 15 is 0 Å². The lowest BCUT2D eigenvalue weighted by atomic mass is 10.1. The van der Waals surface area contributed by atoms with Gasteiger partial charge in [-0.15, -0.1) is 0 Å². The molecule has 0 aliphatic heterocycles. The molecule has 0 saturated heterocycles. The Labute approximate surface area is 109 Å². The van der Waals surface area contributed by atoms with Gasteiger partial charge in [0.15, 0.2) is 0 Å². The molecule has 0 bridgehead atoms. The third kappa shape index (κ3) is 5.51. The first-order chi connectivity index (χ1) is 8.43. The van der Waals surface area contributed by atoms with Gasteiger partial charge in [0.25, 0.3) is 0 Å². The molecule has 0 heterocycles. The molecule has 0 radical (unpaired) electrons. The van der Waals surface area contributed by atoms with Gasteiger partial charge in [-0.05, 0) is 43.9 Å². The minimum atomic E-state index is -3.13. The summed E-state index contributed by atoms with van der Waals surface area (Å²) < 4.78 is 25.8. The molecule has 0 spiro atoms. The van der Waals surface area contributed by atoms with Gasteiger partial charge in [0.2, 0.25) is 10.0 Å². The number of rotatable bonds is 7. The predicted molar refractivity (Wildman–Crippen MR) is 73.1 cm³/mol. The maximum absolute atomic E-state index is 11.6. The number of aryl methyl sites for hydroxylation is 1. The van der Waals surface area contributed by atoms with Crippen molar-refractivity contribution in [3.05, 3.63) is 29.8 Å². The highest BCUT2D eigenvalue weighted by molar-refractivity contribution is 7.89. The smallest absolute Gasteiger partial charge is 0.211 e. The van der Waals surface area contributed by atoms with E-state index in [1.54, 1.807) is 12.1 Å². The Morgan fingerprint density at radius 2 is 1.89 bits per heavy atom. The molecule has 0 aromatic heterocycles. The normalized spacial score (nSPS) is 13.4. The zero-order chi connectivity index (χ0) is 13.6. The quantitative estimate of drug-likeness (QED) is 0.797. The third-order valence-electron chi connectivity index (χ3n) is 2.66. The van der Waals surface area contributed by atoms with Crippen molar-refractivity contribution in [3.8, 4) is 5.75 Å². The molecule has 1 aromatic carbocycles. The number of hydrogen-bond donors (Lipinski definition) is 2. The molecule has 4 nitrogen and oxygen atoms in total. The third-order valence-corrected chi connectivity index (χ3v) is 4.36. The van der Waals surface area contributed by atoms with Crippen LogP contribution in [0.1, 0.15) is 32.3 Å². The van der Waals surface area contributed by atoms with Crippen molar-refractivity contribution >= 4 is 10.0 Å². The molecule has 1 atom stereocenters. The number of aromatic hydroxyl groups is 1. The topological polar surface area (TPSA) is 66.4 Å². The minimum absolute atomic E-state index is 0.0737. The van der Waals surface area contributed by atoms with E-state index in [1.165, 1.54) is 0 Å². The van der Waals surface area contributed by atoms with E-state index in [0.717, 1.165) is 18.4 Å². The standard InChI is InChI=1S/C13H21NO3S/c1-3-10-18(16,17)14-11(2)4-5-12-6-8-13(15)9-7-12/h6-9,11,14-15H,3-5,10H2,1-2H3. The van der Waals surface area contributed by atoms with Gasteiger partial charge in [-0.3, -0.25) is 0 Å². The van der Waals surface area contributed by atoms with Crippen LogP contribution in [0.5, 0.6) is 5.75 Å². The lowest BCUT2D eigenvalue weighted by Crippen LogP contribution is -2.34. The van der Waals surface area contributed by atoms with E-state index in [-0.39, 0.29) is 17.5 Å². The van der Waals surface area contributed by atoms with Gasteiger partial charge in [-0.25, -0.2) is 13.1 Å². The fourth-order valence-corrected chi connectivity index (χ4v) is 3.13. The van der Waals surface area contributed by atoms with E-state index in [4.69, 9.17) is 5.11 Å². The van der Waals surface area contributed by atoms with Gasteiger partial charge >= 0.3 is 0 Å². The summed E-state index contributed by atoms with van der Waals surface area (Å²) >= 11 is 0. The first-order valence-corrected chi connectivity index (χ1v) is 7.86. The zero-order valence-corrected chi connectivity index (χ0v) is 11.7. The van der Waals surface area contributed by atoms with Crippen LogP contribution >= 0.6 is 0 Å². The SMILES string of the molecule is CCCS(=O)(=O)NC(C)CCc1ccc(O)cc1. The molecule has 18 heavy (non-hydrogen) atoms. The van der Waals surface area contributed by atoms with Crippen molar-refractivity contribution in [2.24, 2.45) is 0 Å². The summed E-state index contributed by atoms with van der Waals surface area (Å²) in [6, 6.07) is 6.91. The summed E-state index contributed by atoms with van der Waals surface area (Å²) in [5.74, 6) is 0.423. The largest absolute Gasteiger partial charge is 0.508 e. The molecule has 0 aliphatic rings. The Kier molecular flexibility index (Phi) is 5.62. The zero-order valence-electron chi connectivity index (χ0n) is 10.9. The van der Waals surface area contributed by atoms with E-state index in [9.17, 15) is 8.42 Å². The summed E-state index contributed by atoms with van der Waals surface area (Å²) in [5.41, 5.74) is 1.09. The van der Waals surface area contributed by atoms with Crippen LogP contribution in [0.15, 0.2) is 24.3 Å². The van der Waals surface area contributed by atoms with Gasteiger partial charge in [0.1, 0.15) is 5.75 Å². The number of nitrogens with one attached hydrogen (secondary N) is 1. The maximum Gasteiger partial charge on any atom is 0.211 e. The van der Waals surface area contributed by atoms with Crippen LogP contribution in [0.3, 0.4) is 0 Å². The van der Waals surface area contributed by atoms with Gasteiger partial charge < -0.3 is 5.11 Å². The summed E-state index contributed by atoms with van der Waals surface area (Å²) in [6.45, 7) is 3.72. The fourth-order valence-electron chi connectivity index (χ4n) is 1.74. The summed E-state index contributed by atoms with van der Waals surface area (Å²) in [7, 11) is -3.13. The van der Waals surface area contributed by atoms with Crippen molar-refractivity contribution in [3.63, 3.8) is 0 Å². The second-order valence-electron chi connectivity index (χ2n) is 4.54. The Morgan fingerprint density at radius 1 is 1.28 bits per heavy atom. The van der Waals surface area contributed by atoms with Crippen molar-refractivity contribution in [2.75, 3.05) is 5.75 Å². The number of benzene rings is 1. The summed E-state index contributed by atoms with van der Waals surface area (Å²) in [4.78, 5) is 0. The number of hydrogen-bond acceptors (Lipinski definition) is 3. The number of sulfonamides is 1. The molecule has 0 aliphatic carbocycles. The van der Waals surface area contributed by atoms with Crippen molar-refractivity contribution in [2.45, 2.75) is 39.2 Å². The highest BCUT2D eigenvalue weighted by Crippen LogP contribution is 2.12. The van der Waals surface area contributed by atoms with Crippen LogP contribution in [0.25, 0.3) is 0 Å². The second-order valence-corrected chi connectivity index (χ2v) is 6.42. The van der Waals surface area contributed by atoms with Crippen LogP contribution in [0, 0.1) is 0 Å². The fraction of sp³-hybridized carbons (Fsp3) is 0.538. The Hall–Kier alpha value is -1.07.